The molecular weight excluding hydrogens is 552 g/mol. The van der Waals surface area contributed by atoms with Crippen LogP contribution in [0.5, 0.6) is 5.75 Å². The van der Waals surface area contributed by atoms with Crippen molar-refractivity contribution in [1.29, 1.82) is 0 Å². The monoisotopic (exact) mass is 582 g/mol. The molecule has 1 unspecified atom stereocenters. The maximum Gasteiger partial charge on any atom is 0.350 e. The molecule has 9 heteroatoms. The van der Waals surface area contributed by atoms with Crippen molar-refractivity contribution in [3.8, 4) is 5.75 Å². The maximum atomic E-state index is 13.5. The van der Waals surface area contributed by atoms with Gasteiger partial charge in [-0.3, -0.25) is 14.5 Å². The van der Waals surface area contributed by atoms with Crippen LogP contribution < -0.4 is 9.64 Å². The van der Waals surface area contributed by atoms with Crippen LogP contribution in [0.15, 0.2) is 78.4 Å². The van der Waals surface area contributed by atoms with Crippen LogP contribution in [0.2, 0.25) is 0 Å². The third kappa shape index (κ3) is 5.43. The number of esters is 1. The summed E-state index contributed by atoms with van der Waals surface area (Å²) in [7, 11) is 1.27. The molecular formula is C33H30N2O6S. The van der Waals surface area contributed by atoms with Crippen molar-refractivity contribution in [3.63, 3.8) is 0 Å². The molecule has 1 aromatic heterocycles. The van der Waals surface area contributed by atoms with Gasteiger partial charge < -0.3 is 14.6 Å². The summed E-state index contributed by atoms with van der Waals surface area (Å²) in [6.45, 7) is 6.07. The van der Waals surface area contributed by atoms with E-state index in [4.69, 9.17) is 9.47 Å². The number of nitrogens with zero attached hydrogens (tertiary/aromatic N) is 2. The molecule has 0 bridgehead atoms. The second kappa shape index (κ2) is 12.0. The van der Waals surface area contributed by atoms with E-state index < -0.39 is 23.7 Å². The molecule has 4 aromatic rings. The minimum absolute atomic E-state index is 0.0645. The van der Waals surface area contributed by atoms with Gasteiger partial charge in [0.15, 0.2) is 5.13 Å². The zero-order chi connectivity index (χ0) is 30.0. The van der Waals surface area contributed by atoms with Crippen LogP contribution in [0.4, 0.5) is 5.13 Å². The molecule has 0 spiro atoms. The van der Waals surface area contributed by atoms with Gasteiger partial charge in [-0.1, -0.05) is 66.8 Å². The highest BCUT2D eigenvalue weighted by Crippen LogP contribution is 2.44. The van der Waals surface area contributed by atoms with Crippen molar-refractivity contribution in [2.75, 3.05) is 12.0 Å². The van der Waals surface area contributed by atoms with Crippen LogP contribution >= 0.6 is 11.3 Å². The topological polar surface area (TPSA) is 106 Å². The van der Waals surface area contributed by atoms with Crippen molar-refractivity contribution in [2.45, 2.75) is 39.8 Å². The summed E-state index contributed by atoms with van der Waals surface area (Å²) >= 11 is 0.964. The molecule has 8 nitrogen and oxygen atoms in total. The summed E-state index contributed by atoms with van der Waals surface area (Å²) < 4.78 is 10.8. The number of ketones is 1. The predicted octanol–water partition coefficient (Wildman–Crippen LogP) is 6.31. The van der Waals surface area contributed by atoms with E-state index in [1.807, 2.05) is 62.4 Å². The second-order valence-corrected chi connectivity index (χ2v) is 10.9. The summed E-state index contributed by atoms with van der Waals surface area (Å²) in [5.74, 6) is -1.99. The Hall–Kier alpha value is -4.76. The fraction of sp³-hybridized carbons (Fsp3) is 0.212. The lowest BCUT2D eigenvalue weighted by atomic mass is 9.94. The predicted molar refractivity (Wildman–Crippen MR) is 161 cm³/mol. The normalized spacial score (nSPS) is 16.1. The summed E-state index contributed by atoms with van der Waals surface area (Å²) in [5, 5.41) is 11.6. The molecule has 1 amide bonds. The van der Waals surface area contributed by atoms with Gasteiger partial charge in [-0.15, -0.1) is 0 Å². The minimum Gasteiger partial charge on any atom is -0.507 e. The van der Waals surface area contributed by atoms with Crippen LogP contribution in [0, 0.1) is 13.8 Å². The zero-order valence-corrected chi connectivity index (χ0v) is 24.5. The van der Waals surface area contributed by atoms with Gasteiger partial charge in [-0.25, -0.2) is 9.78 Å². The lowest BCUT2D eigenvalue weighted by Crippen LogP contribution is -2.29. The number of carbonyl (C=O) groups is 3. The fourth-order valence-corrected chi connectivity index (χ4v) is 5.86. The number of aliphatic hydroxyl groups is 1. The number of carbonyl (C=O) groups excluding carboxylic acids is 3. The average molecular weight is 583 g/mol. The van der Waals surface area contributed by atoms with Crippen LogP contribution in [0.1, 0.15) is 56.1 Å². The highest BCUT2D eigenvalue weighted by atomic mass is 32.1. The van der Waals surface area contributed by atoms with Crippen molar-refractivity contribution in [2.24, 2.45) is 0 Å². The summed E-state index contributed by atoms with van der Waals surface area (Å²) in [6.07, 6.45) is 0.812. The van der Waals surface area contributed by atoms with Crippen LogP contribution in [-0.2, 0) is 27.4 Å². The van der Waals surface area contributed by atoms with Gasteiger partial charge in [0.2, 0.25) is 0 Å². The van der Waals surface area contributed by atoms with Gasteiger partial charge in [0.05, 0.1) is 24.4 Å². The number of benzene rings is 3. The number of thiazole rings is 1. The molecule has 3 aromatic carbocycles. The first-order valence-corrected chi connectivity index (χ1v) is 14.3. The van der Waals surface area contributed by atoms with Crippen molar-refractivity contribution >= 4 is 39.9 Å². The van der Waals surface area contributed by atoms with Gasteiger partial charge >= 0.3 is 11.9 Å². The van der Waals surface area contributed by atoms with Crippen molar-refractivity contribution in [1.82, 2.24) is 4.98 Å². The Kier molecular flexibility index (Phi) is 8.22. The zero-order valence-electron chi connectivity index (χ0n) is 23.7. The maximum absolute atomic E-state index is 13.5. The number of aliphatic hydroxyl groups excluding tert-OH is 1. The number of hydrogen-bond acceptors (Lipinski definition) is 8. The molecule has 1 saturated heterocycles. The number of aryl methyl sites for hydroxylation is 3. The van der Waals surface area contributed by atoms with E-state index in [2.05, 4.69) is 4.98 Å². The number of Topliss-reactive ketones (excluding diaryl/α,β-unsaturated/α-hetero) is 1. The molecule has 0 aliphatic carbocycles. The van der Waals surface area contributed by atoms with E-state index in [1.165, 1.54) is 12.0 Å². The first-order chi connectivity index (χ1) is 20.2. The smallest absolute Gasteiger partial charge is 0.350 e. The third-order valence-electron chi connectivity index (χ3n) is 7.29. The van der Waals surface area contributed by atoms with E-state index in [0.717, 1.165) is 34.4 Å². The number of aromatic nitrogens is 1. The van der Waals surface area contributed by atoms with Gasteiger partial charge in [-0.2, -0.15) is 0 Å². The Labute approximate surface area is 247 Å². The fourth-order valence-electron chi connectivity index (χ4n) is 4.85. The van der Waals surface area contributed by atoms with Crippen molar-refractivity contribution in [3.05, 3.63) is 117 Å². The number of amides is 1. The molecule has 5 rings (SSSR count). The number of hydrogen-bond donors (Lipinski definition) is 1. The lowest BCUT2D eigenvalue weighted by Gasteiger charge is -2.23. The van der Waals surface area contributed by atoms with Gasteiger partial charge in [0.1, 0.15) is 23.0 Å². The van der Waals surface area contributed by atoms with Crippen LogP contribution in [0.3, 0.4) is 0 Å². The average Bonchev–Trinajstić information content (AvgIpc) is 3.52. The second-order valence-electron chi connectivity index (χ2n) is 9.91. The standard InChI is InChI=1S/C33H30N2O6S/c1-5-21-10-12-22(13-11-21)27-26(29(37)31(38)35(27)33-34-20(3)30(42-33)32(39)40-4)28(36)23-14-16-25(17-15-23)41-18-24-9-7-6-8-19(24)2/h6-17,27,36H,5,18H2,1-4H3/b28-26+. The molecule has 0 saturated carbocycles. The van der Waals surface area contributed by atoms with Crippen molar-refractivity contribution < 1.29 is 29.0 Å². The molecule has 214 valence electrons. The molecule has 0 radical (unpaired) electrons. The van der Waals surface area contributed by atoms with Crippen LogP contribution in [-0.4, -0.2) is 34.9 Å². The van der Waals surface area contributed by atoms with E-state index in [-0.39, 0.29) is 21.3 Å². The minimum atomic E-state index is -0.955. The summed E-state index contributed by atoms with van der Waals surface area (Å²) in [5.41, 5.74) is 4.56. The Morgan fingerprint density at radius 3 is 2.33 bits per heavy atom. The summed E-state index contributed by atoms with van der Waals surface area (Å²) in [6, 6.07) is 21.2. The van der Waals surface area contributed by atoms with Gasteiger partial charge in [-0.05, 0) is 66.8 Å². The molecule has 2 heterocycles. The molecule has 42 heavy (non-hydrogen) atoms. The Bertz CT molecular complexity index is 1690. The molecule has 1 atom stereocenters. The molecule has 1 aliphatic rings. The number of rotatable bonds is 8. The Balaban J connectivity index is 1.54. The summed E-state index contributed by atoms with van der Waals surface area (Å²) in [4.78, 5) is 45.2. The Morgan fingerprint density at radius 2 is 1.69 bits per heavy atom. The molecule has 1 aliphatic heterocycles. The van der Waals surface area contributed by atoms with E-state index in [0.29, 0.717) is 29.2 Å². The number of anilines is 1. The first kappa shape index (κ1) is 28.8. The highest BCUT2D eigenvalue weighted by molar-refractivity contribution is 7.17. The molecule has 1 fully saturated rings. The van der Waals surface area contributed by atoms with E-state index in [1.54, 1.807) is 31.2 Å². The number of ether oxygens (including phenoxy) is 2. The van der Waals surface area contributed by atoms with E-state index >= 15 is 0 Å². The quantitative estimate of drug-likeness (QED) is 0.112. The van der Waals surface area contributed by atoms with Gasteiger partial charge in [0, 0.05) is 5.56 Å². The molecule has 1 N–H and O–H groups in total. The number of methoxy groups -OCH3 is 1. The van der Waals surface area contributed by atoms with Crippen LogP contribution in [0.25, 0.3) is 5.76 Å². The Morgan fingerprint density at radius 1 is 1.00 bits per heavy atom. The third-order valence-corrected chi connectivity index (χ3v) is 8.43. The van der Waals surface area contributed by atoms with Gasteiger partial charge in [0.25, 0.3) is 5.78 Å². The largest absolute Gasteiger partial charge is 0.507 e. The lowest BCUT2D eigenvalue weighted by molar-refractivity contribution is -0.132. The first-order valence-electron chi connectivity index (χ1n) is 13.5. The SMILES string of the molecule is CCc1ccc(C2/C(=C(\O)c3ccc(OCc4ccccc4C)cc3)C(=O)C(=O)N2c2nc(C)c(C(=O)OC)s2)cc1. The van der Waals surface area contributed by atoms with E-state index in [9.17, 15) is 19.5 Å². The highest BCUT2D eigenvalue weighted by Gasteiger charge is 2.48.